The van der Waals surface area contributed by atoms with Crippen molar-refractivity contribution in [2.45, 2.75) is 26.3 Å². The van der Waals surface area contributed by atoms with Gasteiger partial charge < -0.3 is 9.73 Å². The molecule has 0 spiro atoms. The lowest BCUT2D eigenvalue weighted by Gasteiger charge is -2.16. The molecule has 2 aromatic heterocycles. The third-order valence-electron chi connectivity index (χ3n) is 2.87. The number of pyridine rings is 1. The third-order valence-corrected chi connectivity index (χ3v) is 3.30. The summed E-state index contributed by atoms with van der Waals surface area (Å²) in [7, 11) is 0. The van der Waals surface area contributed by atoms with Crippen LogP contribution in [0, 0.1) is 6.92 Å². The lowest BCUT2D eigenvalue weighted by molar-refractivity contribution is 0.413. The van der Waals surface area contributed by atoms with Gasteiger partial charge in [-0.05, 0) is 59.1 Å². The summed E-state index contributed by atoms with van der Waals surface area (Å²) in [5.74, 6) is 1.01. The maximum absolute atomic E-state index is 5.59. The number of furan rings is 1. The molecule has 0 amide bonds. The number of hydrogen-bond acceptors (Lipinski definition) is 3. The SMILES string of the molecule is CCNC(Cc1cncc(Br)c1)c1occc1C. The zero-order valence-electron chi connectivity index (χ0n) is 10.6. The molecular weight excluding hydrogens is 292 g/mol. The predicted octanol–water partition coefficient (Wildman–Crippen LogP) is 3.64. The Balaban J connectivity index is 2.19. The normalized spacial score (nSPS) is 12.6. The Labute approximate surface area is 116 Å². The highest BCUT2D eigenvalue weighted by Gasteiger charge is 2.16. The summed E-state index contributed by atoms with van der Waals surface area (Å²) in [5, 5.41) is 3.46. The quantitative estimate of drug-likeness (QED) is 0.916. The lowest BCUT2D eigenvalue weighted by atomic mass is 10.0. The maximum atomic E-state index is 5.59. The van der Waals surface area contributed by atoms with Gasteiger partial charge in [0.05, 0.1) is 12.3 Å². The van der Waals surface area contributed by atoms with Crippen LogP contribution in [0.15, 0.2) is 39.7 Å². The zero-order chi connectivity index (χ0) is 13.0. The molecule has 2 aromatic rings. The fourth-order valence-electron chi connectivity index (χ4n) is 2.05. The van der Waals surface area contributed by atoms with Gasteiger partial charge in [0.2, 0.25) is 0 Å². The van der Waals surface area contributed by atoms with Crippen molar-refractivity contribution in [3.63, 3.8) is 0 Å². The van der Waals surface area contributed by atoms with Crippen molar-refractivity contribution in [2.24, 2.45) is 0 Å². The number of hydrogen-bond donors (Lipinski definition) is 1. The number of nitrogens with one attached hydrogen (secondary N) is 1. The predicted molar refractivity (Wildman–Crippen MR) is 75.5 cm³/mol. The van der Waals surface area contributed by atoms with Gasteiger partial charge in [0.25, 0.3) is 0 Å². The molecule has 1 atom stereocenters. The number of aryl methyl sites for hydroxylation is 1. The number of aromatic nitrogens is 1. The summed E-state index contributed by atoms with van der Waals surface area (Å²) in [5.41, 5.74) is 2.37. The van der Waals surface area contributed by atoms with Crippen molar-refractivity contribution in [3.05, 3.63) is 52.1 Å². The van der Waals surface area contributed by atoms with Gasteiger partial charge in [-0.15, -0.1) is 0 Å². The smallest absolute Gasteiger partial charge is 0.123 e. The van der Waals surface area contributed by atoms with Gasteiger partial charge >= 0.3 is 0 Å². The highest BCUT2D eigenvalue weighted by Crippen LogP contribution is 2.23. The molecule has 4 heteroatoms. The van der Waals surface area contributed by atoms with Crippen LogP contribution in [-0.2, 0) is 6.42 Å². The van der Waals surface area contributed by atoms with Crippen LogP contribution in [-0.4, -0.2) is 11.5 Å². The first kappa shape index (κ1) is 13.3. The van der Waals surface area contributed by atoms with Crippen LogP contribution in [0.4, 0.5) is 0 Å². The molecule has 18 heavy (non-hydrogen) atoms. The van der Waals surface area contributed by atoms with E-state index in [2.05, 4.69) is 46.1 Å². The molecule has 0 saturated heterocycles. The molecule has 2 rings (SSSR count). The van der Waals surface area contributed by atoms with Gasteiger partial charge in [0, 0.05) is 16.9 Å². The van der Waals surface area contributed by atoms with Crippen molar-refractivity contribution in [1.29, 1.82) is 0 Å². The van der Waals surface area contributed by atoms with Crippen molar-refractivity contribution < 1.29 is 4.42 Å². The Morgan fingerprint density at radius 3 is 2.89 bits per heavy atom. The average molecular weight is 309 g/mol. The summed E-state index contributed by atoms with van der Waals surface area (Å²) in [4.78, 5) is 4.20. The monoisotopic (exact) mass is 308 g/mol. The molecule has 2 heterocycles. The van der Waals surface area contributed by atoms with Gasteiger partial charge in [0.15, 0.2) is 0 Å². The third kappa shape index (κ3) is 3.21. The van der Waals surface area contributed by atoms with E-state index in [1.807, 2.05) is 12.3 Å². The van der Waals surface area contributed by atoms with Crippen LogP contribution in [0.1, 0.15) is 29.9 Å². The van der Waals surface area contributed by atoms with Crippen LogP contribution in [0.25, 0.3) is 0 Å². The number of rotatable bonds is 5. The van der Waals surface area contributed by atoms with E-state index in [1.165, 1.54) is 11.1 Å². The van der Waals surface area contributed by atoms with E-state index in [-0.39, 0.29) is 6.04 Å². The minimum atomic E-state index is 0.195. The summed E-state index contributed by atoms with van der Waals surface area (Å²) in [6.07, 6.45) is 6.31. The summed E-state index contributed by atoms with van der Waals surface area (Å²) in [6.45, 7) is 5.08. The molecule has 1 unspecified atom stereocenters. The highest BCUT2D eigenvalue weighted by molar-refractivity contribution is 9.10. The van der Waals surface area contributed by atoms with Crippen LogP contribution in [0.2, 0.25) is 0 Å². The van der Waals surface area contributed by atoms with Crippen molar-refractivity contribution in [2.75, 3.05) is 6.54 Å². The molecule has 0 fully saturated rings. The molecule has 96 valence electrons. The van der Waals surface area contributed by atoms with E-state index >= 15 is 0 Å². The van der Waals surface area contributed by atoms with E-state index in [0.29, 0.717) is 0 Å². The van der Waals surface area contributed by atoms with Crippen LogP contribution >= 0.6 is 15.9 Å². The number of likely N-dealkylation sites (N-methyl/N-ethyl adjacent to an activating group) is 1. The fraction of sp³-hybridized carbons (Fsp3) is 0.357. The molecule has 0 radical (unpaired) electrons. The van der Waals surface area contributed by atoms with E-state index < -0.39 is 0 Å². The molecule has 0 aromatic carbocycles. The molecule has 3 nitrogen and oxygen atoms in total. The highest BCUT2D eigenvalue weighted by atomic mass is 79.9. The molecule has 0 aliphatic rings. The Hall–Kier alpha value is -1.13. The molecule has 0 aliphatic carbocycles. The topological polar surface area (TPSA) is 38.1 Å². The van der Waals surface area contributed by atoms with Gasteiger partial charge in [-0.25, -0.2) is 0 Å². The second-order valence-electron chi connectivity index (χ2n) is 4.29. The standard InChI is InChI=1S/C14H17BrN2O/c1-3-17-13(14-10(2)4-5-18-14)7-11-6-12(15)9-16-8-11/h4-6,8-9,13,17H,3,7H2,1-2H3. The van der Waals surface area contributed by atoms with E-state index in [0.717, 1.165) is 23.2 Å². The number of nitrogens with zero attached hydrogens (tertiary/aromatic N) is 1. The Morgan fingerprint density at radius 1 is 1.44 bits per heavy atom. The average Bonchev–Trinajstić information content (AvgIpc) is 2.75. The fourth-order valence-corrected chi connectivity index (χ4v) is 2.46. The minimum absolute atomic E-state index is 0.195. The second kappa shape index (κ2) is 6.16. The Morgan fingerprint density at radius 2 is 2.28 bits per heavy atom. The molecule has 1 N–H and O–H groups in total. The first-order valence-corrected chi connectivity index (χ1v) is 6.86. The largest absolute Gasteiger partial charge is 0.467 e. The summed E-state index contributed by atoms with van der Waals surface area (Å²) < 4.78 is 6.59. The second-order valence-corrected chi connectivity index (χ2v) is 5.21. The summed E-state index contributed by atoms with van der Waals surface area (Å²) >= 11 is 3.45. The van der Waals surface area contributed by atoms with Crippen molar-refractivity contribution in [3.8, 4) is 0 Å². The molecule has 0 saturated carbocycles. The van der Waals surface area contributed by atoms with Gasteiger partial charge in [-0.3, -0.25) is 4.98 Å². The van der Waals surface area contributed by atoms with Crippen LogP contribution in [0.5, 0.6) is 0 Å². The van der Waals surface area contributed by atoms with Crippen LogP contribution in [0.3, 0.4) is 0 Å². The van der Waals surface area contributed by atoms with Crippen molar-refractivity contribution >= 4 is 15.9 Å². The molecular formula is C14H17BrN2O. The first-order chi connectivity index (χ1) is 8.70. The van der Waals surface area contributed by atoms with Gasteiger partial charge in [-0.1, -0.05) is 6.92 Å². The first-order valence-electron chi connectivity index (χ1n) is 6.07. The Bertz CT molecular complexity index is 510. The van der Waals surface area contributed by atoms with E-state index in [4.69, 9.17) is 4.42 Å². The zero-order valence-corrected chi connectivity index (χ0v) is 12.2. The number of halogens is 1. The van der Waals surface area contributed by atoms with Gasteiger partial charge in [-0.2, -0.15) is 0 Å². The lowest BCUT2D eigenvalue weighted by Crippen LogP contribution is -2.23. The van der Waals surface area contributed by atoms with E-state index in [1.54, 1.807) is 12.5 Å². The summed E-state index contributed by atoms with van der Waals surface area (Å²) in [6, 6.07) is 4.29. The minimum Gasteiger partial charge on any atom is -0.467 e. The van der Waals surface area contributed by atoms with E-state index in [9.17, 15) is 0 Å². The van der Waals surface area contributed by atoms with Crippen molar-refractivity contribution in [1.82, 2.24) is 10.3 Å². The maximum Gasteiger partial charge on any atom is 0.123 e. The molecule has 0 aliphatic heterocycles. The van der Waals surface area contributed by atoms with Crippen LogP contribution < -0.4 is 5.32 Å². The Kier molecular flexibility index (Phi) is 4.55. The van der Waals surface area contributed by atoms with Gasteiger partial charge in [0.1, 0.15) is 5.76 Å². The molecule has 0 bridgehead atoms.